The summed E-state index contributed by atoms with van der Waals surface area (Å²) in [5.41, 5.74) is 0.358. The molecule has 2 N–H and O–H groups in total. The Kier molecular flexibility index (Phi) is 5.02. The molecule has 0 saturated heterocycles. The molecular formula is C12H20N2O2. The first-order valence-corrected chi connectivity index (χ1v) is 6.03. The quantitative estimate of drug-likeness (QED) is 0.521. The van der Waals surface area contributed by atoms with Crippen molar-refractivity contribution in [2.24, 2.45) is 0 Å². The third kappa shape index (κ3) is 2.84. The summed E-state index contributed by atoms with van der Waals surface area (Å²) in [6, 6.07) is 0. The van der Waals surface area contributed by atoms with Crippen molar-refractivity contribution in [3.8, 4) is 5.75 Å². The fourth-order valence-electron chi connectivity index (χ4n) is 1.50. The monoisotopic (exact) mass is 224 g/mol. The molecule has 0 spiro atoms. The van der Waals surface area contributed by atoms with Crippen LogP contribution in [0.15, 0.2) is 4.79 Å². The Hall–Kier alpha value is -1.32. The van der Waals surface area contributed by atoms with E-state index >= 15 is 0 Å². The van der Waals surface area contributed by atoms with Crippen molar-refractivity contribution in [3.63, 3.8) is 0 Å². The Balaban J connectivity index is 2.44. The van der Waals surface area contributed by atoms with Crippen LogP contribution < -0.4 is 21.2 Å². The van der Waals surface area contributed by atoms with Crippen LogP contribution in [0, 0.1) is 0 Å². The fraction of sp³-hybridized carbons (Fsp3) is 0.667. The summed E-state index contributed by atoms with van der Waals surface area (Å²) in [6.45, 7) is 5.54. The Morgan fingerprint density at radius 2 is 1.81 bits per heavy atom. The summed E-state index contributed by atoms with van der Waals surface area (Å²) in [7, 11) is 0. The molecule has 4 heteroatoms. The highest BCUT2D eigenvalue weighted by Crippen LogP contribution is 2.29. The van der Waals surface area contributed by atoms with Crippen molar-refractivity contribution in [1.29, 1.82) is 0 Å². The number of hydrogen-bond acceptors (Lipinski definition) is 4. The van der Waals surface area contributed by atoms with Crippen LogP contribution in [-0.2, 0) is 0 Å². The van der Waals surface area contributed by atoms with Gasteiger partial charge in [-0.05, 0) is 12.8 Å². The van der Waals surface area contributed by atoms with Crippen molar-refractivity contribution >= 4 is 11.4 Å². The van der Waals surface area contributed by atoms with Gasteiger partial charge < -0.3 is 15.7 Å². The average molecular weight is 224 g/mol. The van der Waals surface area contributed by atoms with Crippen molar-refractivity contribution in [2.75, 3.05) is 23.7 Å². The summed E-state index contributed by atoms with van der Waals surface area (Å²) >= 11 is 0. The molecule has 1 aromatic carbocycles. The molecule has 0 bridgehead atoms. The van der Waals surface area contributed by atoms with Crippen LogP contribution in [0.1, 0.15) is 39.5 Å². The highest BCUT2D eigenvalue weighted by Gasteiger charge is 2.23. The molecule has 16 heavy (non-hydrogen) atoms. The number of unbranched alkanes of at least 4 members (excludes halogenated alkanes) is 2. The summed E-state index contributed by atoms with van der Waals surface area (Å²) in [4.78, 5) is 11.5. The predicted molar refractivity (Wildman–Crippen MR) is 65.7 cm³/mol. The normalized spacial score (nSPS) is 10.6. The number of nitrogens with one attached hydrogen (secondary N) is 2. The minimum Gasteiger partial charge on any atom is -0.849 e. The minimum atomic E-state index is -0.155. The molecule has 0 aliphatic carbocycles. The van der Waals surface area contributed by atoms with Gasteiger partial charge in [0.2, 0.25) is 0 Å². The van der Waals surface area contributed by atoms with Crippen LogP contribution in [0.2, 0.25) is 0 Å². The maximum Gasteiger partial charge on any atom is 0.330 e. The van der Waals surface area contributed by atoms with Crippen LogP contribution in [-0.4, -0.2) is 13.1 Å². The minimum absolute atomic E-state index is 0.155. The van der Waals surface area contributed by atoms with Crippen molar-refractivity contribution < 1.29 is 5.11 Å². The Morgan fingerprint density at radius 3 is 2.38 bits per heavy atom. The van der Waals surface area contributed by atoms with Gasteiger partial charge in [-0.2, -0.15) is 0 Å². The highest BCUT2D eigenvalue weighted by atomic mass is 16.3. The van der Waals surface area contributed by atoms with Gasteiger partial charge in [-0.25, -0.2) is 0 Å². The van der Waals surface area contributed by atoms with E-state index in [0.29, 0.717) is 13.1 Å². The van der Waals surface area contributed by atoms with Gasteiger partial charge in [-0.15, -0.1) is 0 Å². The van der Waals surface area contributed by atoms with Crippen molar-refractivity contribution in [3.05, 3.63) is 10.2 Å². The third-order valence-corrected chi connectivity index (χ3v) is 2.57. The van der Waals surface area contributed by atoms with E-state index in [4.69, 9.17) is 0 Å². The lowest BCUT2D eigenvalue weighted by atomic mass is 10.1. The van der Waals surface area contributed by atoms with Gasteiger partial charge in [0.05, 0.1) is 5.75 Å². The van der Waals surface area contributed by atoms with Crippen molar-refractivity contribution in [2.45, 2.75) is 39.5 Å². The molecule has 0 saturated carbocycles. The van der Waals surface area contributed by atoms with E-state index < -0.39 is 0 Å². The second-order valence-electron chi connectivity index (χ2n) is 3.97. The molecule has 0 aromatic heterocycles. The smallest absolute Gasteiger partial charge is 0.330 e. The Labute approximate surface area is 96.4 Å². The van der Waals surface area contributed by atoms with E-state index in [1.807, 2.05) is 0 Å². The molecule has 4 nitrogen and oxygen atoms in total. The summed E-state index contributed by atoms with van der Waals surface area (Å²) in [5, 5.41) is 17.3. The molecule has 0 heterocycles. The predicted octanol–water partition coefficient (Wildman–Crippen LogP) is 1.70. The maximum absolute atomic E-state index is 11.5. The van der Waals surface area contributed by atoms with Crippen LogP contribution in [0.5, 0.6) is 5.75 Å². The lowest BCUT2D eigenvalue weighted by Crippen LogP contribution is -2.26. The second kappa shape index (κ2) is 6.30. The molecule has 90 valence electrons. The topological polar surface area (TPSA) is 64.2 Å². The zero-order valence-corrected chi connectivity index (χ0v) is 10.1. The number of rotatable bonds is 8. The SMILES string of the molecule is CCCCNc1c([O-])[c+](NCCCC)c1=O. The van der Waals surface area contributed by atoms with Crippen molar-refractivity contribution in [1.82, 2.24) is 0 Å². The van der Waals surface area contributed by atoms with Crippen LogP contribution in [0.3, 0.4) is 0 Å². The van der Waals surface area contributed by atoms with Gasteiger partial charge in [0.1, 0.15) is 0 Å². The van der Waals surface area contributed by atoms with E-state index in [1.165, 1.54) is 0 Å². The largest absolute Gasteiger partial charge is 0.849 e. The Bertz CT molecular complexity index is 317. The second-order valence-corrected chi connectivity index (χ2v) is 3.97. The first-order valence-electron chi connectivity index (χ1n) is 6.03. The molecule has 0 aliphatic heterocycles. The van der Waals surface area contributed by atoms with Crippen LogP contribution in [0.4, 0.5) is 11.4 Å². The molecule has 0 unspecified atom stereocenters. The van der Waals surface area contributed by atoms with Crippen LogP contribution in [0.25, 0.3) is 0 Å². The summed E-state index contributed by atoms with van der Waals surface area (Å²) < 4.78 is 0. The third-order valence-electron chi connectivity index (χ3n) is 2.57. The lowest BCUT2D eigenvalue weighted by molar-refractivity contribution is -0.267. The molecule has 0 amide bonds. The van der Waals surface area contributed by atoms with Gasteiger partial charge in [0.15, 0.2) is 11.4 Å². The average Bonchev–Trinajstić information content (AvgIpc) is 2.30. The fourth-order valence-corrected chi connectivity index (χ4v) is 1.50. The van der Waals surface area contributed by atoms with Gasteiger partial charge in [-0.3, -0.25) is 4.79 Å². The zero-order chi connectivity index (χ0) is 12.0. The Morgan fingerprint density at radius 1 is 1.19 bits per heavy atom. The van der Waals surface area contributed by atoms with Crippen LogP contribution >= 0.6 is 0 Å². The summed E-state index contributed by atoms with van der Waals surface area (Å²) in [6.07, 6.45) is 4.05. The number of hydrogen-bond donors (Lipinski definition) is 2. The maximum atomic E-state index is 11.5. The molecule has 0 atom stereocenters. The van der Waals surface area contributed by atoms with E-state index in [9.17, 15) is 9.90 Å². The molecule has 0 aliphatic rings. The van der Waals surface area contributed by atoms with E-state index in [0.717, 1.165) is 25.7 Å². The lowest BCUT2D eigenvalue weighted by Gasteiger charge is -2.16. The molecule has 1 rings (SSSR count). The van der Waals surface area contributed by atoms with Gasteiger partial charge in [-0.1, -0.05) is 26.7 Å². The van der Waals surface area contributed by atoms with Gasteiger partial charge in [0, 0.05) is 13.1 Å². The first kappa shape index (κ1) is 12.7. The standard InChI is InChI=1S/C12H20N2O2/c1-3-5-7-13-9-11(15)10(12(9)16)14-8-6-4-2/h13-14H,3-8H2,1-2H3. The van der Waals surface area contributed by atoms with Gasteiger partial charge >= 0.3 is 5.43 Å². The molecular weight excluding hydrogens is 204 g/mol. The molecule has 1 aromatic rings. The first-order chi connectivity index (χ1) is 7.72. The summed E-state index contributed by atoms with van der Waals surface area (Å²) in [5.74, 6) is -0.155. The van der Waals surface area contributed by atoms with Gasteiger partial charge in [0.25, 0.3) is 0 Å². The highest BCUT2D eigenvalue weighted by molar-refractivity contribution is 5.79. The van der Waals surface area contributed by atoms with E-state index in [1.54, 1.807) is 0 Å². The van der Waals surface area contributed by atoms with E-state index in [-0.39, 0.29) is 22.6 Å². The zero-order valence-electron chi connectivity index (χ0n) is 10.1. The molecule has 0 radical (unpaired) electrons. The molecule has 0 fully saturated rings. The van der Waals surface area contributed by atoms with E-state index in [2.05, 4.69) is 24.5 Å². The number of anilines is 2.